The van der Waals surface area contributed by atoms with Crippen LogP contribution in [0.1, 0.15) is 17.5 Å². The summed E-state index contributed by atoms with van der Waals surface area (Å²) in [6.45, 7) is 4.48. The van der Waals surface area contributed by atoms with E-state index >= 15 is 0 Å². The fraction of sp³-hybridized carbons (Fsp3) is 0.533. The summed E-state index contributed by atoms with van der Waals surface area (Å²) in [6.07, 6.45) is 1.79. The summed E-state index contributed by atoms with van der Waals surface area (Å²) in [7, 11) is -1.95. The van der Waals surface area contributed by atoms with Crippen molar-refractivity contribution in [1.82, 2.24) is 5.32 Å². The highest BCUT2D eigenvalue weighted by atomic mass is 32.2. The molecule has 0 aliphatic carbocycles. The first-order valence-electron chi connectivity index (χ1n) is 7.06. The van der Waals surface area contributed by atoms with Crippen LogP contribution < -0.4 is 9.62 Å². The van der Waals surface area contributed by atoms with E-state index in [1.165, 1.54) is 0 Å². The molecule has 0 saturated heterocycles. The van der Waals surface area contributed by atoms with Crippen molar-refractivity contribution in [2.45, 2.75) is 20.3 Å². The molecule has 0 atom stereocenters. The summed E-state index contributed by atoms with van der Waals surface area (Å²) in [4.78, 5) is 12.0. The van der Waals surface area contributed by atoms with Gasteiger partial charge in [0.1, 0.15) is 6.54 Å². The van der Waals surface area contributed by atoms with Gasteiger partial charge in [-0.3, -0.25) is 9.10 Å². The third-order valence-electron chi connectivity index (χ3n) is 3.17. The fourth-order valence-electron chi connectivity index (χ4n) is 2.00. The Bertz CT molecular complexity index is 614. The molecule has 1 aromatic rings. The van der Waals surface area contributed by atoms with Crippen LogP contribution in [0.5, 0.6) is 0 Å². The highest BCUT2D eigenvalue weighted by Crippen LogP contribution is 2.23. The maximum absolute atomic E-state index is 12.0. The molecule has 0 fully saturated rings. The number of hydrogen-bond acceptors (Lipinski definition) is 4. The first-order chi connectivity index (χ1) is 10.3. The highest BCUT2D eigenvalue weighted by molar-refractivity contribution is 7.92. The lowest BCUT2D eigenvalue weighted by Gasteiger charge is -2.24. The van der Waals surface area contributed by atoms with Gasteiger partial charge in [-0.05, 0) is 37.5 Å². The summed E-state index contributed by atoms with van der Waals surface area (Å²) in [5.74, 6) is -0.331. The topological polar surface area (TPSA) is 75.7 Å². The van der Waals surface area contributed by atoms with Crippen molar-refractivity contribution in [2.75, 3.05) is 37.4 Å². The quantitative estimate of drug-likeness (QED) is 0.728. The van der Waals surface area contributed by atoms with Crippen LogP contribution in [0.25, 0.3) is 0 Å². The lowest BCUT2D eigenvalue weighted by Crippen LogP contribution is -2.41. The van der Waals surface area contributed by atoms with Crippen molar-refractivity contribution in [3.63, 3.8) is 0 Å². The molecule has 7 heteroatoms. The van der Waals surface area contributed by atoms with E-state index in [0.717, 1.165) is 21.7 Å². The molecule has 0 aliphatic heterocycles. The smallest absolute Gasteiger partial charge is 0.240 e. The number of ether oxygens (including phenoxy) is 1. The average Bonchev–Trinajstić information content (AvgIpc) is 2.43. The zero-order valence-electron chi connectivity index (χ0n) is 13.5. The van der Waals surface area contributed by atoms with E-state index in [1.807, 2.05) is 26.0 Å². The molecule has 0 bridgehead atoms. The number of nitrogens with zero attached hydrogens (tertiary/aromatic N) is 1. The van der Waals surface area contributed by atoms with Crippen LogP contribution >= 0.6 is 0 Å². The molecule has 1 amide bonds. The van der Waals surface area contributed by atoms with E-state index in [4.69, 9.17) is 4.74 Å². The van der Waals surface area contributed by atoms with Crippen LogP contribution in [0, 0.1) is 13.8 Å². The minimum atomic E-state index is -3.54. The van der Waals surface area contributed by atoms with Crippen molar-refractivity contribution in [3.8, 4) is 0 Å². The number of aryl methyl sites for hydroxylation is 2. The van der Waals surface area contributed by atoms with Gasteiger partial charge in [-0.25, -0.2) is 8.42 Å². The minimum Gasteiger partial charge on any atom is -0.385 e. The van der Waals surface area contributed by atoms with Gasteiger partial charge in [0.05, 0.1) is 11.9 Å². The molecule has 0 aliphatic rings. The van der Waals surface area contributed by atoms with Crippen LogP contribution in [-0.4, -0.2) is 47.4 Å². The number of carbonyl (C=O) groups excluding carboxylic acids is 1. The molecular weight excluding hydrogens is 304 g/mol. The third kappa shape index (κ3) is 5.65. The summed E-state index contributed by atoms with van der Waals surface area (Å²) < 4.78 is 30.1. The van der Waals surface area contributed by atoms with Crippen LogP contribution in [0.4, 0.5) is 5.69 Å². The molecule has 0 heterocycles. The lowest BCUT2D eigenvalue weighted by atomic mass is 10.1. The molecule has 0 aromatic heterocycles. The third-order valence-corrected chi connectivity index (χ3v) is 4.29. The van der Waals surface area contributed by atoms with Gasteiger partial charge >= 0.3 is 0 Å². The van der Waals surface area contributed by atoms with Gasteiger partial charge in [0, 0.05) is 20.3 Å². The highest BCUT2D eigenvalue weighted by Gasteiger charge is 2.22. The zero-order valence-corrected chi connectivity index (χ0v) is 14.4. The number of carbonyl (C=O) groups is 1. The molecule has 124 valence electrons. The average molecular weight is 328 g/mol. The standard InChI is InChI=1S/C15H24N2O4S/c1-12-6-7-13(2)14(10-12)17(22(4,19)20)11-15(18)16-8-5-9-21-3/h6-7,10H,5,8-9,11H2,1-4H3,(H,16,18). The van der Waals surface area contributed by atoms with Gasteiger partial charge in [-0.15, -0.1) is 0 Å². The number of methoxy groups -OCH3 is 1. The second-order valence-corrected chi connectivity index (χ2v) is 7.16. The Morgan fingerprint density at radius 1 is 1.32 bits per heavy atom. The number of nitrogens with one attached hydrogen (secondary N) is 1. The number of benzene rings is 1. The first kappa shape index (κ1) is 18.4. The molecule has 22 heavy (non-hydrogen) atoms. The number of sulfonamides is 1. The van der Waals surface area contributed by atoms with Gasteiger partial charge in [0.2, 0.25) is 15.9 Å². The Morgan fingerprint density at radius 3 is 2.59 bits per heavy atom. The summed E-state index contributed by atoms with van der Waals surface area (Å²) in [5, 5.41) is 2.70. The normalized spacial score (nSPS) is 11.3. The first-order valence-corrected chi connectivity index (χ1v) is 8.91. The monoisotopic (exact) mass is 328 g/mol. The molecule has 1 rings (SSSR count). The predicted molar refractivity (Wildman–Crippen MR) is 87.6 cm³/mol. The van der Waals surface area contributed by atoms with Crippen molar-refractivity contribution >= 4 is 21.6 Å². The molecule has 1 aromatic carbocycles. The molecular formula is C15H24N2O4S. The van der Waals surface area contributed by atoms with Gasteiger partial charge in [-0.2, -0.15) is 0 Å². The predicted octanol–water partition coefficient (Wildman–Crippen LogP) is 1.22. The van der Waals surface area contributed by atoms with Crippen molar-refractivity contribution in [2.24, 2.45) is 0 Å². The van der Waals surface area contributed by atoms with E-state index in [9.17, 15) is 13.2 Å². The van der Waals surface area contributed by atoms with E-state index in [-0.39, 0.29) is 12.5 Å². The number of hydrogen-bond donors (Lipinski definition) is 1. The Balaban J connectivity index is 2.87. The maximum Gasteiger partial charge on any atom is 0.240 e. The number of anilines is 1. The van der Waals surface area contributed by atoms with E-state index in [0.29, 0.717) is 25.3 Å². The van der Waals surface area contributed by atoms with Crippen LogP contribution in [-0.2, 0) is 19.6 Å². The second kappa shape index (κ2) is 8.14. The van der Waals surface area contributed by atoms with Crippen molar-refractivity contribution in [3.05, 3.63) is 29.3 Å². The Morgan fingerprint density at radius 2 is 2.00 bits per heavy atom. The maximum atomic E-state index is 12.0. The van der Waals surface area contributed by atoms with Crippen molar-refractivity contribution < 1.29 is 17.9 Å². The summed E-state index contributed by atoms with van der Waals surface area (Å²) >= 11 is 0. The van der Waals surface area contributed by atoms with Gasteiger partial charge < -0.3 is 10.1 Å². The fourth-order valence-corrected chi connectivity index (χ4v) is 2.91. The zero-order chi connectivity index (χ0) is 16.8. The summed E-state index contributed by atoms with van der Waals surface area (Å²) in [5.41, 5.74) is 2.28. The number of amides is 1. The van der Waals surface area contributed by atoms with E-state index in [1.54, 1.807) is 13.2 Å². The molecule has 0 saturated carbocycles. The molecule has 0 radical (unpaired) electrons. The Hall–Kier alpha value is -1.60. The molecule has 0 unspecified atom stereocenters. The van der Waals surface area contributed by atoms with Gasteiger partial charge in [-0.1, -0.05) is 12.1 Å². The van der Waals surface area contributed by atoms with E-state index < -0.39 is 10.0 Å². The molecule has 6 nitrogen and oxygen atoms in total. The van der Waals surface area contributed by atoms with Crippen LogP contribution in [0.15, 0.2) is 18.2 Å². The minimum absolute atomic E-state index is 0.226. The van der Waals surface area contributed by atoms with Crippen LogP contribution in [0.3, 0.4) is 0 Å². The largest absolute Gasteiger partial charge is 0.385 e. The SMILES string of the molecule is COCCCNC(=O)CN(c1cc(C)ccc1C)S(C)(=O)=O. The lowest BCUT2D eigenvalue weighted by molar-refractivity contribution is -0.119. The Labute approximate surface area is 132 Å². The molecule has 1 N–H and O–H groups in total. The van der Waals surface area contributed by atoms with Gasteiger partial charge in [0.15, 0.2) is 0 Å². The van der Waals surface area contributed by atoms with Crippen LogP contribution in [0.2, 0.25) is 0 Å². The Kier molecular flexibility index (Phi) is 6.83. The van der Waals surface area contributed by atoms with Gasteiger partial charge in [0.25, 0.3) is 0 Å². The molecule has 0 spiro atoms. The second-order valence-electron chi connectivity index (χ2n) is 5.26. The summed E-state index contributed by atoms with van der Waals surface area (Å²) in [6, 6.07) is 5.53. The van der Waals surface area contributed by atoms with Crippen molar-refractivity contribution in [1.29, 1.82) is 0 Å². The number of rotatable bonds is 8. The van der Waals surface area contributed by atoms with E-state index in [2.05, 4.69) is 5.32 Å².